The zero-order valence-corrected chi connectivity index (χ0v) is 18.9. The molecule has 172 valence electrons. The zero-order valence-electron chi connectivity index (χ0n) is 18.1. The number of aryl methyl sites for hydroxylation is 1. The molecule has 1 unspecified atom stereocenters. The number of ether oxygens (including phenoxy) is 1. The Morgan fingerprint density at radius 3 is 2.55 bits per heavy atom. The number of anilines is 1. The first-order chi connectivity index (χ1) is 15.8. The molecule has 33 heavy (non-hydrogen) atoms. The van der Waals surface area contributed by atoms with Crippen molar-refractivity contribution in [2.45, 2.75) is 25.5 Å². The number of sulfonamides is 1. The van der Waals surface area contributed by atoms with Crippen molar-refractivity contribution in [3.05, 3.63) is 66.2 Å². The molecular weight excluding hydrogens is 451 g/mol. The van der Waals surface area contributed by atoms with E-state index in [0.717, 1.165) is 12.4 Å². The van der Waals surface area contributed by atoms with Crippen LogP contribution in [-0.4, -0.2) is 45.5 Å². The Bertz CT molecular complexity index is 1370. The summed E-state index contributed by atoms with van der Waals surface area (Å²) in [4.78, 5) is 7.66. The van der Waals surface area contributed by atoms with Gasteiger partial charge in [0.2, 0.25) is 21.8 Å². The topological polar surface area (TPSA) is 125 Å². The van der Waals surface area contributed by atoms with Crippen molar-refractivity contribution >= 4 is 16.0 Å². The molecule has 12 heteroatoms. The van der Waals surface area contributed by atoms with E-state index in [1.165, 1.54) is 18.6 Å². The van der Waals surface area contributed by atoms with Crippen LogP contribution in [0.4, 0.5) is 10.3 Å². The summed E-state index contributed by atoms with van der Waals surface area (Å²) in [7, 11) is -2.45. The first kappa shape index (κ1) is 22.4. The lowest BCUT2D eigenvalue weighted by molar-refractivity contribution is 0.413. The van der Waals surface area contributed by atoms with Gasteiger partial charge in [0.1, 0.15) is 17.3 Å². The molecule has 0 fully saturated rings. The van der Waals surface area contributed by atoms with Crippen LogP contribution in [0.15, 0.2) is 53.2 Å². The molecule has 0 bridgehead atoms. The monoisotopic (exact) mass is 472 g/mol. The van der Waals surface area contributed by atoms with Crippen molar-refractivity contribution in [1.29, 1.82) is 0 Å². The van der Waals surface area contributed by atoms with Crippen LogP contribution in [0.25, 0.3) is 17.3 Å². The average molecular weight is 473 g/mol. The normalized spacial score (nSPS) is 12.5. The Morgan fingerprint density at radius 2 is 1.88 bits per heavy atom. The maximum absolute atomic E-state index is 13.1. The van der Waals surface area contributed by atoms with E-state index in [9.17, 15) is 12.8 Å². The molecule has 10 nitrogen and oxygen atoms in total. The first-order valence-corrected chi connectivity index (χ1v) is 11.5. The number of hydrogen-bond donors (Lipinski definition) is 1. The lowest BCUT2D eigenvalue weighted by atomic mass is 10.2. The molecule has 0 radical (unpaired) electrons. The number of rotatable bonds is 8. The molecule has 0 aliphatic carbocycles. The van der Waals surface area contributed by atoms with Gasteiger partial charge in [0.05, 0.1) is 30.4 Å². The number of methoxy groups -OCH3 is 1. The molecular formula is C21H21FN6O4S. The molecule has 0 saturated heterocycles. The minimum Gasteiger partial charge on any atom is -0.495 e. The van der Waals surface area contributed by atoms with Gasteiger partial charge >= 0.3 is 0 Å². The van der Waals surface area contributed by atoms with Gasteiger partial charge in [-0.3, -0.25) is 9.29 Å². The SMILES string of the molecule is COc1ccccc1-n1c(NS(=O)(=O)C(C)Cc2ncc(F)cn2)nnc1-c1ccc(C)o1. The highest BCUT2D eigenvalue weighted by Gasteiger charge is 2.27. The fraction of sp³-hybridized carbons (Fsp3) is 0.238. The summed E-state index contributed by atoms with van der Waals surface area (Å²) < 4.78 is 54.4. The third-order valence-electron chi connectivity index (χ3n) is 4.86. The number of benzene rings is 1. The Morgan fingerprint density at radius 1 is 1.15 bits per heavy atom. The van der Waals surface area contributed by atoms with E-state index in [-0.39, 0.29) is 18.2 Å². The Labute approximate surface area is 189 Å². The van der Waals surface area contributed by atoms with Crippen LogP contribution in [0.2, 0.25) is 0 Å². The Kier molecular flexibility index (Phi) is 6.09. The fourth-order valence-corrected chi connectivity index (χ4v) is 4.10. The third kappa shape index (κ3) is 4.70. The third-order valence-corrected chi connectivity index (χ3v) is 6.55. The van der Waals surface area contributed by atoms with E-state index >= 15 is 0 Å². The van der Waals surface area contributed by atoms with Gasteiger partial charge in [0.25, 0.3) is 0 Å². The van der Waals surface area contributed by atoms with E-state index in [0.29, 0.717) is 28.8 Å². The van der Waals surface area contributed by atoms with E-state index < -0.39 is 21.1 Å². The summed E-state index contributed by atoms with van der Waals surface area (Å²) in [6.45, 7) is 3.28. The summed E-state index contributed by atoms with van der Waals surface area (Å²) in [6, 6.07) is 10.5. The van der Waals surface area contributed by atoms with Gasteiger partial charge in [-0.25, -0.2) is 22.8 Å². The number of furan rings is 1. The second-order valence-electron chi connectivity index (χ2n) is 7.24. The maximum atomic E-state index is 13.1. The van der Waals surface area contributed by atoms with E-state index in [4.69, 9.17) is 9.15 Å². The number of nitrogens with zero attached hydrogens (tertiary/aromatic N) is 5. The molecule has 4 aromatic rings. The van der Waals surface area contributed by atoms with Gasteiger partial charge in [-0.2, -0.15) is 0 Å². The van der Waals surface area contributed by atoms with Gasteiger partial charge in [-0.1, -0.05) is 12.1 Å². The van der Waals surface area contributed by atoms with Gasteiger partial charge < -0.3 is 9.15 Å². The Hall–Kier alpha value is -3.80. The highest BCUT2D eigenvalue weighted by atomic mass is 32.2. The predicted molar refractivity (Wildman–Crippen MR) is 118 cm³/mol. The summed E-state index contributed by atoms with van der Waals surface area (Å²) >= 11 is 0. The molecule has 0 aliphatic rings. The molecule has 1 N–H and O–H groups in total. The van der Waals surface area contributed by atoms with Crippen molar-refractivity contribution in [3.8, 4) is 23.0 Å². The number of aromatic nitrogens is 5. The van der Waals surface area contributed by atoms with Crippen LogP contribution in [0.5, 0.6) is 5.75 Å². The maximum Gasteiger partial charge on any atom is 0.243 e. The molecule has 0 amide bonds. The van der Waals surface area contributed by atoms with Gasteiger partial charge in [-0.15, -0.1) is 10.2 Å². The van der Waals surface area contributed by atoms with E-state index in [1.54, 1.807) is 43.3 Å². The minimum absolute atomic E-state index is 0.0252. The molecule has 3 aromatic heterocycles. The number of para-hydroxylation sites is 2. The first-order valence-electron chi connectivity index (χ1n) is 9.92. The van der Waals surface area contributed by atoms with Crippen molar-refractivity contribution in [2.24, 2.45) is 0 Å². The lowest BCUT2D eigenvalue weighted by Crippen LogP contribution is -2.29. The molecule has 0 aliphatic heterocycles. The fourth-order valence-electron chi connectivity index (χ4n) is 3.15. The number of hydrogen-bond acceptors (Lipinski definition) is 8. The van der Waals surface area contributed by atoms with Gasteiger partial charge in [0.15, 0.2) is 11.6 Å². The second kappa shape index (κ2) is 8.98. The van der Waals surface area contributed by atoms with E-state index in [1.807, 2.05) is 0 Å². The smallest absolute Gasteiger partial charge is 0.243 e. The van der Waals surface area contributed by atoms with Crippen molar-refractivity contribution in [3.63, 3.8) is 0 Å². The van der Waals surface area contributed by atoms with Crippen LogP contribution < -0.4 is 9.46 Å². The molecule has 4 rings (SSSR count). The van der Waals surface area contributed by atoms with E-state index in [2.05, 4.69) is 24.9 Å². The molecule has 1 aromatic carbocycles. The second-order valence-corrected chi connectivity index (χ2v) is 9.34. The standard InChI is InChI=1S/C21H21FN6O4S/c1-13-8-9-18(32-13)20-25-26-21(28(20)16-6-4-5-7-17(16)31-3)27-33(29,30)14(2)10-19-23-11-15(22)12-24-19/h4-9,11-12,14H,10H2,1-3H3,(H,26,27). The summed E-state index contributed by atoms with van der Waals surface area (Å²) in [5.41, 5.74) is 0.515. The lowest BCUT2D eigenvalue weighted by Gasteiger charge is -2.16. The minimum atomic E-state index is -3.95. The van der Waals surface area contributed by atoms with Crippen LogP contribution >= 0.6 is 0 Å². The predicted octanol–water partition coefficient (Wildman–Crippen LogP) is 3.15. The largest absolute Gasteiger partial charge is 0.495 e. The summed E-state index contributed by atoms with van der Waals surface area (Å²) in [6.07, 6.45) is 1.96. The molecule has 1 atom stereocenters. The number of nitrogens with one attached hydrogen (secondary N) is 1. The number of halogens is 1. The highest BCUT2D eigenvalue weighted by Crippen LogP contribution is 2.32. The Balaban J connectivity index is 1.73. The van der Waals surface area contributed by atoms with Crippen LogP contribution in [0, 0.1) is 12.7 Å². The summed E-state index contributed by atoms with van der Waals surface area (Å²) in [5, 5.41) is 7.28. The van der Waals surface area contributed by atoms with Crippen LogP contribution in [0.3, 0.4) is 0 Å². The molecule has 0 saturated carbocycles. The van der Waals surface area contributed by atoms with Crippen LogP contribution in [0.1, 0.15) is 18.5 Å². The summed E-state index contributed by atoms with van der Waals surface area (Å²) in [5.74, 6) is 1.40. The van der Waals surface area contributed by atoms with Crippen LogP contribution in [-0.2, 0) is 16.4 Å². The highest BCUT2D eigenvalue weighted by molar-refractivity contribution is 7.93. The van der Waals surface area contributed by atoms with Crippen molar-refractivity contribution in [2.75, 3.05) is 11.8 Å². The van der Waals surface area contributed by atoms with Crippen molar-refractivity contribution in [1.82, 2.24) is 24.7 Å². The quantitative estimate of drug-likeness (QED) is 0.415. The average Bonchev–Trinajstić information content (AvgIpc) is 3.40. The van der Waals surface area contributed by atoms with Crippen molar-refractivity contribution < 1.29 is 22.0 Å². The van der Waals surface area contributed by atoms with Gasteiger partial charge in [0, 0.05) is 6.42 Å². The zero-order chi connectivity index (χ0) is 23.6. The molecule has 0 spiro atoms. The molecule has 3 heterocycles. The van der Waals surface area contributed by atoms with Gasteiger partial charge in [-0.05, 0) is 38.1 Å².